The lowest BCUT2D eigenvalue weighted by atomic mass is 9.99. The summed E-state index contributed by atoms with van der Waals surface area (Å²) in [5, 5.41) is 10.7. The van der Waals surface area contributed by atoms with Crippen molar-refractivity contribution in [2.24, 2.45) is 11.8 Å². The average Bonchev–Trinajstić information content (AvgIpc) is 0.904. The summed E-state index contributed by atoms with van der Waals surface area (Å²) in [4.78, 5) is 73.2. The molecule has 0 aliphatic rings. The van der Waals surface area contributed by atoms with Crippen molar-refractivity contribution < 1.29 is 80.2 Å². The summed E-state index contributed by atoms with van der Waals surface area (Å²) < 4.78 is 68.9. The minimum Gasteiger partial charge on any atom is -0.462 e. The van der Waals surface area contributed by atoms with Crippen LogP contribution >= 0.6 is 15.6 Å². The molecule has 630 valence electrons. The molecule has 0 fully saturated rings. The van der Waals surface area contributed by atoms with Crippen LogP contribution in [0.25, 0.3) is 0 Å². The molecular weight excluding hydrogens is 1380 g/mol. The van der Waals surface area contributed by atoms with Gasteiger partial charge in [-0.3, -0.25) is 37.3 Å². The van der Waals surface area contributed by atoms with Gasteiger partial charge in [0.2, 0.25) is 0 Å². The van der Waals surface area contributed by atoms with Gasteiger partial charge in [0, 0.05) is 25.7 Å². The van der Waals surface area contributed by atoms with Gasteiger partial charge >= 0.3 is 39.5 Å². The van der Waals surface area contributed by atoms with Gasteiger partial charge in [0.05, 0.1) is 26.4 Å². The van der Waals surface area contributed by atoms with E-state index in [2.05, 4.69) is 41.5 Å². The second kappa shape index (κ2) is 78.3. The zero-order valence-corrected chi connectivity index (χ0v) is 71.5. The number of hydrogen-bond donors (Lipinski definition) is 3. The molecule has 0 amide bonds. The Morgan fingerprint density at radius 2 is 0.481 bits per heavy atom. The van der Waals surface area contributed by atoms with E-state index in [1.165, 1.54) is 283 Å². The van der Waals surface area contributed by atoms with E-state index < -0.39 is 97.5 Å². The molecule has 0 aliphatic heterocycles. The topological polar surface area (TPSA) is 237 Å². The number of aliphatic hydroxyl groups excluding tert-OH is 1. The van der Waals surface area contributed by atoms with E-state index in [4.69, 9.17) is 37.0 Å². The van der Waals surface area contributed by atoms with Gasteiger partial charge < -0.3 is 33.8 Å². The van der Waals surface area contributed by atoms with Gasteiger partial charge in [0.1, 0.15) is 19.3 Å². The molecule has 0 spiro atoms. The first-order chi connectivity index (χ1) is 51.4. The van der Waals surface area contributed by atoms with E-state index in [1.807, 2.05) is 0 Å². The van der Waals surface area contributed by atoms with Crippen molar-refractivity contribution in [2.45, 2.75) is 484 Å². The first kappa shape index (κ1) is 104. The number of carbonyl (C=O) groups is 4. The monoisotopic (exact) mass is 1550 g/mol. The first-order valence-corrected chi connectivity index (χ1v) is 48.0. The molecule has 17 nitrogen and oxygen atoms in total. The van der Waals surface area contributed by atoms with Crippen LogP contribution in [0.1, 0.15) is 465 Å². The minimum atomic E-state index is -4.97. The highest BCUT2D eigenvalue weighted by Gasteiger charge is 2.30. The number of hydrogen-bond acceptors (Lipinski definition) is 15. The van der Waals surface area contributed by atoms with Gasteiger partial charge in [0.25, 0.3) is 0 Å². The van der Waals surface area contributed by atoms with Crippen LogP contribution in [0.15, 0.2) is 0 Å². The molecule has 19 heteroatoms. The van der Waals surface area contributed by atoms with Crippen LogP contribution in [-0.2, 0) is 65.4 Å². The van der Waals surface area contributed by atoms with Crippen LogP contribution in [0, 0.1) is 11.8 Å². The van der Waals surface area contributed by atoms with Crippen LogP contribution in [-0.4, -0.2) is 96.7 Å². The molecule has 3 unspecified atom stereocenters. The minimum absolute atomic E-state index is 0.108. The smallest absolute Gasteiger partial charge is 0.462 e. The summed E-state index contributed by atoms with van der Waals surface area (Å²) in [5.74, 6) is -0.443. The molecule has 0 radical (unpaired) electrons. The Balaban J connectivity index is 5.22. The van der Waals surface area contributed by atoms with Crippen LogP contribution in [0.5, 0.6) is 0 Å². The molecule has 106 heavy (non-hydrogen) atoms. The fraction of sp³-hybridized carbons (Fsp3) is 0.954. The van der Waals surface area contributed by atoms with Crippen LogP contribution in [0.4, 0.5) is 0 Å². The molecule has 0 saturated heterocycles. The number of phosphoric ester groups is 2. The summed E-state index contributed by atoms with van der Waals surface area (Å²) in [7, 11) is -9.93. The fourth-order valence-corrected chi connectivity index (χ4v) is 15.1. The van der Waals surface area contributed by atoms with Crippen molar-refractivity contribution in [1.82, 2.24) is 0 Å². The summed E-state index contributed by atoms with van der Waals surface area (Å²) in [5.41, 5.74) is 0. The lowest BCUT2D eigenvalue weighted by Gasteiger charge is -2.21. The van der Waals surface area contributed by atoms with E-state index in [1.54, 1.807) is 0 Å². The van der Waals surface area contributed by atoms with Gasteiger partial charge in [-0.05, 0) is 37.5 Å². The third-order valence-corrected chi connectivity index (χ3v) is 22.7. The first-order valence-electron chi connectivity index (χ1n) is 45.0. The Bertz CT molecular complexity index is 2030. The Labute approximate surface area is 651 Å². The average molecular weight is 1550 g/mol. The maximum absolute atomic E-state index is 13.2. The van der Waals surface area contributed by atoms with E-state index >= 15 is 0 Å². The van der Waals surface area contributed by atoms with Gasteiger partial charge in [0.15, 0.2) is 12.2 Å². The molecule has 0 saturated carbocycles. The fourth-order valence-electron chi connectivity index (χ4n) is 13.6. The Morgan fingerprint density at radius 1 is 0.274 bits per heavy atom. The standard InChI is InChI=1S/C87H170O17P2/c1-7-10-12-14-16-18-20-21-22-23-27-30-35-40-46-52-58-64-70-85(90)98-76-83(104-86(91)71-65-59-53-47-41-36-31-28-25-24-26-29-34-39-44-50-56-62-68-80(6)9-3)78-102-106(95,96)100-74-81(88)73-99-105(93,94)101-77-82(75-97-84(89)69-63-57-51-45-19-17-15-13-11-8-2)103-87(92)72-66-60-54-48-42-37-32-33-38-43-49-55-61-67-79(4)5/h79-83,88H,7-78H2,1-6H3,(H,93,94)(H,95,96)/t80?,81-,82+,83+/m0/s1. The normalized spacial score (nSPS) is 14.1. The van der Waals surface area contributed by atoms with E-state index in [-0.39, 0.29) is 25.7 Å². The van der Waals surface area contributed by atoms with Crippen molar-refractivity contribution >= 4 is 39.5 Å². The highest BCUT2D eigenvalue weighted by molar-refractivity contribution is 7.47. The number of rotatable bonds is 86. The maximum atomic E-state index is 13.2. The summed E-state index contributed by atoms with van der Waals surface area (Å²) >= 11 is 0. The predicted octanol–water partition coefficient (Wildman–Crippen LogP) is 26.6. The SMILES string of the molecule is CCCCCCCCCCCCCCCCCCCCC(=O)OC[C@H](COP(=O)(O)OC[C@@H](O)COP(=O)(O)OC[C@@H](COC(=O)CCCCCCCCCCCC)OC(=O)CCCCCCCCCCCCCCCC(C)C)OC(=O)CCCCCCCCCCCCCCCCCCCCC(C)CC. The zero-order chi connectivity index (χ0) is 77.8. The van der Waals surface area contributed by atoms with Crippen molar-refractivity contribution in [3.8, 4) is 0 Å². The molecule has 0 aromatic rings. The van der Waals surface area contributed by atoms with E-state index in [0.29, 0.717) is 25.7 Å². The Kier molecular flexibility index (Phi) is 76.9. The van der Waals surface area contributed by atoms with Crippen molar-refractivity contribution in [3.63, 3.8) is 0 Å². The van der Waals surface area contributed by atoms with Gasteiger partial charge in [-0.25, -0.2) is 9.13 Å². The highest BCUT2D eigenvalue weighted by atomic mass is 31.2. The van der Waals surface area contributed by atoms with Crippen molar-refractivity contribution in [1.29, 1.82) is 0 Å². The molecule has 6 atom stereocenters. The summed E-state index contributed by atoms with van der Waals surface area (Å²) in [6.07, 6.45) is 70.8. The Morgan fingerprint density at radius 3 is 0.717 bits per heavy atom. The number of aliphatic hydroxyl groups is 1. The molecular formula is C87H170O17P2. The van der Waals surface area contributed by atoms with E-state index in [9.17, 15) is 43.2 Å². The molecule has 0 aromatic carbocycles. The predicted molar refractivity (Wildman–Crippen MR) is 437 cm³/mol. The van der Waals surface area contributed by atoms with Gasteiger partial charge in [-0.1, -0.05) is 414 Å². The number of ether oxygens (including phenoxy) is 4. The van der Waals surface area contributed by atoms with Gasteiger partial charge in [-0.2, -0.15) is 0 Å². The molecule has 0 aliphatic carbocycles. The van der Waals surface area contributed by atoms with Crippen LogP contribution in [0.3, 0.4) is 0 Å². The highest BCUT2D eigenvalue weighted by Crippen LogP contribution is 2.45. The maximum Gasteiger partial charge on any atom is 0.472 e. The molecule has 0 rings (SSSR count). The number of phosphoric acid groups is 2. The van der Waals surface area contributed by atoms with Crippen LogP contribution < -0.4 is 0 Å². The second-order valence-corrected chi connectivity index (χ2v) is 34.9. The number of esters is 4. The third kappa shape index (κ3) is 78.7. The van der Waals surface area contributed by atoms with Crippen molar-refractivity contribution in [2.75, 3.05) is 39.6 Å². The lowest BCUT2D eigenvalue weighted by Crippen LogP contribution is -2.30. The largest absolute Gasteiger partial charge is 0.472 e. The summed E-state index contributed by atoms with van der Waals surface area (Å²) in [6.45, 7) is 9.75. The quantitative estimate of drug-likeness (QED) is 0.0222. The van der Waals surface area contributed by atoms with E-state index in [0.717, 1.165) is 102 Å². The third-order valence-electron chi connectivity index (χ3n) is 20.8. The zero-order valence-electron chi connectivity index (χ0n) is 69.7. The van der Waals surface area contributed by atoms with Crippen LogP contribution in [0.2, 0.25) is 0 Å². The van der Waals surface area contributed by atoms with Crippen molar-refractivity contribution in [3.05, 3.63) is 0 Å². The molecule has 0 bridgehead atoms. The molecule has 3 N–H and O–H groups in total. The molecule has 0 heterocycles. The van der Waals surface area contributed by atoms with Gasteiger partial charge in [-0.15, -0.1) is 0 Å². The number of carbonyl (C=O) groups excluding carboxylic acids is 4. The lowest BCUT2D eigenvalue weighted by molar-refractivity contribution is -0.161. The second-order valence-electron chi connectivity index (χ2n) is 32.0. The Hall–Kier alpha value is -1.94. The summed E-state index contributed by atoms with van der Waals surface area (Å²) in [6, 6.07) is 0. The molecule has 0 aromatic heterocycles. The number of unbranched alkanes of at least 4 members (excludes halogenated alkanes) is 55.